The van der Waals surface area contributed by atoms with Gasteiger partial charge < -0.3 is 14.2 Å². The molecule has 0 aliphatic carbocycles. The van der Waals surface area contributed by atoms with Crippen molar-refractivity contribution < 1.29 is 4.42 Å². The number of furan rings is 1. The van der Waals surface area contributed by atoms with Gasteiger partial charge in [0.15, 0.2) is 0 Å². The Balaban J connectivity index is 1.11. The molecule has 0 amide bonds. The summed E-state index contributed by atoms with van der Waals surface area (Å²) in [6.45, 7) is 0. The SMILES string of the molecule is c1ccc(-c2ccc(N(c3ccccc3)c3ccc4sc5c(N(c6ccccc6)c6ccc7c(c6)oc6ccccc67)cccc5c4c3)cc2)cc1. The van der Waals surface area contributed by atoms with E-state index in [1.165, 1.54) is 31.3 Å². The van der Waals surface area contributed by atoms with Gasteiger partial charge in [-0.15, -0.1) is 11.3 Å². The fourth-order valence-electron chi connectivity index (χ4n) is 7.40. The first-order valence-electron chi connectivity index (χ1n) is 17.5. The highest BCUT2D eigenvalue weighted by Crippen LogP contribution is 2.47. The topological polar surface area (TPSA) is 19.6 Å². The number of para-hydroxylation sites is 3. The van der Waals surface area contributed by atoms with E-state index in [4.69, 9.17) is 4.42 Å². The minimum Gasteiger partial charge on any atom is -0.456 e. The number of benzene rings is 8. The largest absolute Gasteiger partial charge is 0.456 e. The molecule has 0 aliphatic rings. The lowest BCUT2D eigenvalue weighted by Gasteiger charge is -2.26. The molecule has 0 saturated heterocycles. The minimum absolute atomic E-state index is 0.880. The number of thiophene rings is 1. The molecule has 52 heavy (non-hydrogen) atoms. The Morgan fingerprint density at radius 2 is 0.904 bits per heavy atom. The molecular formula is C48H32N2OS. The van der Waals surface area contributed by atoms with Gasteiger partial charge in [-0.25, -0.2) is 0 Å². The molecule has 3 nitrogen and oxygen atoms in total. The number of anilines is 6. The maximum atomic E-state index is 6.36. The molecule has 0 bridgehead atoms. The number of hydrogen-bond donors (Lipinski definition) is 0. The molecule has 10 rings (SSSR count). The van der Waals surface area contributed by atoms with Gasteiger partial charge in [0, 0.05) is 60.7 Å². The maximum Gasteiger partial charge on any atom is 0.137 e. The van der Waals surface area contributed by atoms with Crippen molar-refractivity contribution in [3.05, 3.63) is 194 Å². The van der Waals surface area contributed by atoms with E-state index < -0.39 is 0 Å². The normalized spacial score (nSPS) is 11.5. The predicted molar refractivity (Wildman–Crippen MR) is 221 cm³/mol. The van der Waals surface area contributed by atoms with Crippen LogP contribution in [0.4, 0.5) is 34.1 Å². The quantitative estimate of drug-likeness (QED) is 0.167. The summed E-state index contributed by atoms with van der Waals surface area (Å²) in [5.41, 5.74) is 10.8. The number of hydrogen-bond acceptors (Lipinski definition) is 4. The Hall–Kier alpha value is -6.62. The molecule has 8 aromatic carbocycles. The molecule has 0 N–H and O–H groups in total. The third-order valence-electron chi connectivity index (χ3n) is 9.84. The van der Waals surface area contributed by atoms with Crippen LogP contribution in [0.3, 0.4) is 0 Å². The van der Waals surface area contributed by atoms with Crippen molar-refractivity contribution in [2.24, 2.45) is 0 Å². The lowest BCUT2D eigenvalue weighted by Crippen LogP contribution is -2.10. The Kier molecular flexibility index (Phi) is 7.33. The first-order chi connectivity index (χ1) is 25.8. The standard InChI is InChI=1S/C48H32N2OS/c1-4-13-33(14-5-1)34-23-25-37(26-24-34)49(35-15-6-2-7-16-35)38-28-30-47-43(31-38)42-20-12-21-44(48(42)52-47)50(36-17-8-3-9-18-36)39-27-29-41-40-19-10-11-22-45(40)51-46(41)32-39/h1-32H. The van der Waals surface area contributed by atoms with Crippen molar-refractivity contribution in [1.29, 1.82) is 0 Å². The molecule has 0 atom stereocenters. The smallest absolute Gasteiger partial charge is 0.137 e. The van der Waals surface area contributed by atoms with Crippen LogP contribution in [0.2, 0.25) is 0 Å². The van der Waals surface area contributed by atoms with E-state index in [-0.39, 0.29) is 0 Å². The summed E-state index contributed by atoms with van der Waals surface area (Å²) in [5.74, 6) is 0. The van der Waals surface area contributed by atoms with Crippen molar-refractivity contribution in [2.45, 2.75) is 0 Å². The zero-order valence-electron chi connectivity index (χ0n) is 28.2. The molecule has 246 valence electrons. The molecule has 0 spiro atoms. The van der Waals surface area contributed by atoms with Crippen LogP contribution in [0.5, 0.6) is 0 Å². The summed E-state index contributed by atoms with van der Waals surface area (Å²) < 4.78 is 8.85. The molecule has 0 fully saturated rings. The van der Waals surface area contributed by atoms with Crippen LogP contribution in [0.15, 0.2) is 199 Å². The highest BCUT2D eigenvalue weighted by molar-refractivity contribution is 7.26. The fraction of sp³-hybridized carbons (Fsp3) is 0. The number of nitrogens with zero attached hydrogens (tertiary/aromatic N) is 2. The van der Waals surface area contributed by atoms with Crippen molar-refractivity contribution >= 4 is 87.6 Å². The highest BCUT2D eigenvalue weighted by atomic mass is 32.1. The summed E-state index contributed by atoms with van der Waals surface area (Å²) in [5, 5.41) is 4.73. The van der Waals surface area contributed by atoms with Gasteiger partial charge >= 0.3 is 0 Å². The molecule has 0 unspecified atom stereocenters. The third-order valence-corrected chi connectivity index (χ3v) is 11.0. The van der Waals surface area contributed by atoms with Gasteiger partial charge in [0.1, 0.15) is 11.2 Å². The van der Waals surface area contributed by atoms with E-state index in [0.29, 0.717) is 0 Å². The third kappa shape index (κ3) is 5.20. The Morgan fingerprint density at radius 1 is 0.346 bits per heavy atom. The summed E-state index contributed by atoms with van der Waals surface area (Å²) in [6, 6.07) is 69.1. The van der Waals surface area contributed by atoms with Crippen molar-refractivity contribution in [2.75, 3.05) is 9.80 Å². The zero-order valence-corrected chi connectivity index (χ0v) is 29.0. The first kappa shape index (κ1) is 30.2. The van der Waals surface area contributed by atoms with Gasteiger partial charge in [0.05, 0.1) is 10.4 Å². The maximum absolute atomic E-state index is 6.36. The fourth-order valence-corrected chi connectivity index (χ4v) is 8.59. The van der Waals surface area contributed by atoms with Crippen LogP contribution in [-0.4, -0.2) is 0 Å². The van der Waals surface area contributed by atoms with Gasteiger partial charge in [0.2, 0.25) is 0 Å². The minimum atomic E-state index is 0.880. The molecule has 10 aromatic rings. The summed E-state index contributed by atoms with van der Waals surface area (Å²) in [7, 11) is 0. The summed E-state index contributed by atoms with van der Waals surface area (Å²) >= 11 is 1.84. The van der Waals surface area contributed by atoms with Crippen LogP contribution >= 0.6 is 11.3 Å². The van der Waals surface area contributed by atoms with Crippen LogP contribution in [0.1, 0.15) is 0 Å². The van der Waals surface area contributed by atoms with Crippen LogP contribution in [0, 0.1) is 0 Å². The second-order valence-corrected chi connectivity index (χ2v) is 14.0. The lowest BCUT2D eigenvalue weighted by atomic mass is 10.0. The summed E-state index contributed by atoms with van der Waals surface area (Å²) in [6.07, 6.45) is 0. The monoisotopic (exact) mass is 684 g/mol. The Bertz CT molecular complexity index is 2840. The van der Waals surface area contributed by atoms with Crippen molar-refractivity contribution in [1.82, 2.24) is 0 Å². The highest BCUT2D eigenvalue weighted by Gasteiger charge is 2.21. The average Bonchev–Trinajstić information content (AvgIpc) is 3.78. The van der Waals surface area contributed by atoms with Crippen LogP contribution in [-0.2, 0) is 0 Å². The number of rotatable bonds is 7. The van der Waals surface area contributed by atoms with Gasteiger partial charge in [-0.05, 0) is 90.0 Å². The van der Waals surface area contributed by atoms with E-state index in [1.54, 1.807) is 0 Å². The van der Waals surface area contributed by atoms with Crippen molar-refractivity contribution in [3.63, 3.8) is 0 Å². The molecule has 0 aliphatic heterocycles. The zero-order chi connectivity index (χ0) is 34.4. The van der Waals surface area contributed by atoms with Gasteiger partial charge in [0.25, 0.3) is 0 Å². The first-order valence-corrected chi connectivity index (χ1v) is 18.3. The van der Waals surface area contributed by atoms with Crippen molar-refractivity contribution in [3.8, 4) is 11.1 Å². The molecular weight excluding hydrogens is 653 g/mol. The van der Waals surface area contributed by atoms with E-state index in [9.17, 15) is 0 Å². The van der Waals surface area contributed by atoms with Crippen LogP contribution in [0.25, 0.3) is 53.2 Å². The predicted octanol–water partition coefficient (Wildman–Crippen LogP) is 14.6. The van der Waals surface area contributed by atoms with E-state index in [2.05, 4.69) is 192 Å². The average molecular weight is 685 g/mol. The Labute approximate surface area is 305 Å². The van der Waals surface area contributed by atoms with Crippen LogP contribution < -0.4 is 9.80 Å². The van der Waals surface area contributed by atoms with E-state index >= 15 is 0 Å². The summed E-state index contributed by atoms with van der Waals surface area (Å²) in [4.78, 5) is 4.70. The second kappa shape index (κ2) is 12.6. The number of fused-ring (bicyclic) bond motifs is 6. The molecule has 2 aromatic heterocycles. The molecule has 0 saturated carbocycles. The second-order valence-electron chi connectivity index (χ2n) is 13.0. The van der Waals surface area contributed by atoms with E-state index in [1.807, 2.05) is 23.5 Å². The molecule has 2 heterocycles. The molecule has 0 radical (unpaired) electrons. The van der Waals surface area contributed by atoms with Gasteiger partial charge in [-0.2, -0.15) is 0 Å². The van der Waals surface area contributed by atoms with Gasteiger partial charge in [-0.1, -0.05) is 109 Å². The van der Waals surface area contributed by atoms with Gasteiger partial charge in [-0.3, -0.25) is 0 Å². The van der Waals surface area contributed by atoms with E-state index in [0.717, 1.165) is 56.1 Å². The lowest BCUT2D eigenvalue weighted by molar-refractivity contribution is 0.669. The Morgan fingerprint density at radius 3 is 1.67 bits per heavy atom. The molecule has 4 heteroatoms.